The molecular weight excluding hydrogens is 296 g/mol. The number of urea groups is 1. The van der Waals surface area contributed by atoms with E-state index < -0.39 is 0 Å². The Hall–Kier alpha value is -2.29. The molecule has 0 aromatic heterocycles. The molecule has 2 aliphatic rings. The van der Waals surface area contributed by atoms with Gasteiger partial charge >= 0.3 is 6.03 Å². The molecule has 4 rings (SSSR count). The second kappa shape index (κ2) is 6.68. The minimum atomic E-state index is 0.0412. The van der Waals surface area contributed by atoms with Crippen LogP contribution in [-0.2, 0) is 12.8 Å². The van der Waals surface area contributed by atoms with Gasteiger partial charge < -0.3 is 10.2 Å². The number of likely N-dealkylation sites (tertiary alicyclic amines) is 1. The predicted octanol–water partition coefficient (Wildman–Crippen LogP) is 4.59. The molecule has 0 bridgehead atoms. The van der Waals surface area contributed by atoms with Crippen molar-refractivity contribution in [3.63, 3.8) is 0 Å². The van der Waals surface area contributed by atoms with Crippen LogP contribution >= 0.6 is 0 Å². The molecule has 24 heavy (non-hydrogen) atoms. The van der Waals surface area contributed by atoms with Crippen molar-refractivity contribution in [2.24, 2.45) is 0 Å². The molecule has 2 aromatic carbocycles. The third-order valence-electron chi connectivity index (χ3n) is 5.40. The first-order chi connectivity index (χ1) is 11.8. The van der Waals surface area contributed by atoms with Crippen LogP contribution in [0.15, 0.2) is 48.5 Å². The summed E-state index contributed by atoms with van der Waals surface area (Å²) in [5.74, 6) is 0.579. The maximum Gasteiger partial charge on any atom is 0.321 e. The Morgan fingerprint density at radius 1 is 0.958 bits per heavy atom. The van der Waals surface area contributed by atoms with Crippen LogP contribution in [0.1, 0.15) is 41.9 Å². The number of hydrogen-bond donors (Lipinski definition) is 1. The summed E-state index contributed by atoms with van der Waals surface area (Å²) in [5.41, 5.74) is 5.18. The van der Waals surface area contributed by atoms with Crippen molar-refractivity contribution in [1.82, 2.24) is 4.90 Å². The molecule has 0 spiro atoms. The van der Waals surface area contributed by atoms with Crippen molar-refractivity contribution in [3.05, 3.63) is 65.2 Å². The number of benzene rings is 2. The summed E-state index contributed by atoms with van der Waals surface area (Å²) >= 11 is 0. The first-order valence-corrected chi connectivity index (χ1v) is 9.02. The number of carbonyl (C=O) groups excluding carboxylic acids is 1. The molecule has 0 unspecified atom stereocenters. The number of rotatable bonds is 2. The Kier molecular flexibility index (Phi) is 4.24. The molecular formula is C21H24N2O. The fraction of sp³-hybridized carbons (Fsp3) is 0.381. The van der Waals surface area contributed by atoms with E-state index in [1.165, 1.54) is 29.5 Å². The average molecular weight is 320 g/mol. The second-order valence-electron chi connectivity index (χ2n) is 6.94. The highest BCUT2D eigenvalue weighted by Crippen LogP contribution is 2.29. The van der Waals surface area contributed by atoms with Crippen molar-refractivity contribution in [1.29, 1.82) is 0 Å². The molecule has 0 radical (unpaired) electrons. The van der Waals surface area contributed by atoms with Crippen molar-refractivity contribution in [2.75, 3.05) is 18.4 Å². The summed E-state index contributed by atoms with van der Waals surface area (Å²) < 4.78 is 0. The van der Waals surface area contributed by atoms with Crippen LogP contribution in [0.5, 0.6) is 0 Å². The lowest BCUT2D eigenvalue weighted by molar-refractivity contribution is 0.194. The number of amides is 2. The third kappa shape index (κ3) is 3.16. The Morgan fingerprint density at radius 3 is 2.50 bits per heavy atom. The van der Waals surface area contributed by atoms with Gasteiger partial charge in [0, 0.05) is 18.8 Å². The van der Waals surface area contributed by atoms with E-state index in [1.54, 1.807) is 0 Å². The first kappa shape index (κ1) is 15.3. The van der Waals surface area contributed by atoms with Gasteiger partial charge in [-0.3, -0.25) is 0 Å². The van der Waals surface area contributed by atoms with Crippen LogP contribution < -0.4 is 5.32 Å². The van der Waals surface area contributed by atoms with Gasteiger partial charge in [0.2, 0.25) is 0 Å². The monoisotopic (exact) mass is 320 g/mol. The number of anilines is 1. The van der Waals surface area contributed by atoms with Crippen molar-refractivity contribution < 1.29 is 4.79 Å². The van der Waals surface area contributed by atoms with Gasteiger partial charge in [-0.1, -0.05) is 36.4 Å². The van der Waals surface area contributed by atoms with Crippen molar-refractivity contribution in [3.8, 4) is 0 Å². The second-order valence-corrected chi connectivity index (χ2v) is 6.94. The van der Waals surface area contributed by atoms with Gasteiger partial charge in [-0.15, -0.1) is 0 Å². The van der Waals surface area contributed by atoms with E-state index in [4.69, 9.17) is 0 Å². The normalized spacial score (nSPS) is 17.6. The van der Waals surface area contributed by atoms with Gasteiger partial charge in [-0.25, -0.2) is 4.79 Å². The lowest BCUT2D eigenvalue weighted by Gasteiger charge is -2.32. The summed E-state index contributed by atoms with van der Waals surface area (Å²) in [7, 11) is 0. The van der Waals surface area contributed by atoms with Gasteiger partial charge in [0.25, 0.3) is 0 Å². The summed E-state index contributed by atoms with van der Waals surface area (Å²) in [4.78, 5) is 14.5. The van der Waals surface area contributed by atoms with Crippen LogP contribution in [0.2, 0.25) is 0 Å². The first-order valence-electron chi connectivity index (χ1n) is 9.02. The van der Waals surface area contributed by atoms with Crippen molar-refractivity contribution >= 4 is 11.7 Å². The van der Waals surface area contributed by atoms with E-state index in [0.717, 1.165) is 38.0 Å². The lowest BCUT2D eigenvalue weighted by atomic mass is 9.90. The zero-order valence-electron chi connectivity index (χ0n) is 14.0. The van der Waals surface area contributed by atoms with Gasteiger partial charge in [-0.05, 0) is 66.8 Å². The molecule has 0 saturated carbocycles. The van der Waals surface area contributed by atoms with Gasteiger partial charge in [0.15, 0.2) is 0 Å². The zero-order chi connectivity index (χ0) is 16.4. The van der Waals surface area contributed by atoms with Crippen LogP contribution in [0.4, 0.5) is 10.5 Å². The highest BCUT2D eigenvalue weighted by atomic mass is 16.2. The number of aryl methyl sites for hydroxylation is 2. The maximum absolute atomic E-state index is 12.5. The van der Waals surface area contributed by atoms with Crippen molar-refractivity contribution in [2.45, 2.75) is 38.0 Å². The molecule has 3 nitrogen and oxygen atoms in total. The molecule has 1 aliphatic carbocycles. The van der Waals surface area contributed by atoms with E-state index >= 15 is 0 Å². The van der Waals surface area contributed by atoms with E-state index in [-0.39, 0.29) is 6.03 Å². The Labute approximate surface area is 143 Å². The molecule has 1 heterocycles. The SMILES string of the molecule is O=C(Nc1ccc2c(c1)CCC2)N1CCC(c2ccccc2)CC1. The lowest BCUT2D eigenvalue weighted by Crippen LogP contribution is -2.40. The van der Waals surface area contributed by atoms with E-state index in [9.17, 15) is 4.79 Å². The Bertz CT molecular complexity index is 718. The number of carbonyl (C=O) groups is 1. The van der Waals surface area contributed by atoms with Gasteiger partial charge in [0.1, 0.15) is 0 Å². The average Bonchev–Trinajstić information content (AvgIpc) is 3.10. The Balaban J connectivity index is 1.35. The van der Waals surface area contributed by atoms with Gasteiger partial charge in [-0.2, -0.15) is 0 Å². The molecule has 3 heteroatoms. The maximum atomic E-state index is 12.5. The molecule has 1 aliphatic heterocycles. The third-order valence-corrected chi connectivity index (χ3v) is 5.40. The van der Waals surface area contributed by atoms with Crippen LogP contribution in [0.25, 0.3) is 0 Å². The predicted molar refractivity (Wildman–Crippen MR) is 97.5 cm³/mol. The topological polar surface area (TPSA) is 32.3 Å². The minimum Gasteiger partial charge on any atom is -0.324 e. The Morgan fingerprint density at radius 2 is 1.71 bits per heavy atom. The highest BCUT2D eigenvalue weighted by Gasteiger charge is 2.24. The molecule has 1 fully saturated rings. The number of hydrogen-bond acceptors (Lipinski definition) is 1. The van der Waals surface area contributed by atoms with Gasteiger partial charge in [0.05, 0.1) is 0 Å². The van der Waals surface area contributed by atoms with E-state index in [2.05, 4.69) is 47.8 Å². The molecule has 2 amide bonds. The fourth-order valence-electron chi connectivity index (χ4n) is 3.99. The number of nitrogens with one attached hydrogen (secondary N) is 1. The molecule has 124 valence electrons. The zero-order valence-corrected chi connectivity index (χ0v) is 14.0. The largest absolute Gasteiger partial charge is 0.324 e. The summed E-state index contributed by atoms with van der Waals surface area (Å²) in [6.45, 7) is 1.66. The standard InChI is InChI=1S/C21H24N2O/c24-21(22-20-10-9-17-7-4-8-19(17)15-20)23-13-11-18(12-14-23)16-5-2-1-3-6-16/h1-3,5-6,9-10,15,18H,4,7-8,11-14H2,(H,22,24). The van der Waals surface area contributed by atoms with E-state index in [0.29, 0.717) is 5.92 Å². The highest BCUT2D eigenvalue weighted by molar-refractivity contribution is 5.89. The molecule has 1 saturated heterocycles. The molecule has 0 atom stereocenters. The number of nitrogens with zero attached hydrogens (tertiary/aromatic N) is 1. The van der Waals surface area contributed by atoms with Crippen LogP contribution in [0.3, 0.4) is 0 Å². The summed E-state index contributed by atoms with van der Waals surface area (Å²) in [5, 5.41) is 3.08. The van der Waals surface area contributed by atoms with E-state index in [1.807, 2.05) is 11.0 Å². The smallest absolute Gasteiger partial charge is 0.321 e. The quantitative estimate of drug-likeness (QED) is 0.862. The molecule has 1 N–H and O–H groups in total. The van der Waals surface area contributed by atoms with Crippen LogP contribution in [0, 0.1) is 0 Å². The molecule has 2 aromatic rings. The summed E-state index contributed by atoms with van der Waals surface area (Å²) in [6, 6.07) is 17.1. The van der Waals surface area contributed by atoms with Crippen LogP contribution in [-0.4, -0.2) is 24.0 Å². The number of fused-ring (bicyclic) bond motifs is 1. The fourth-order valence-corrected chi connectivity index (χ4v) is 3.99. The minimum absolute atomic E-state index is 0.0412. The number of piperidine rings is 1. The summed E-state index contributed by atoms with van der Waals surface area (Å²) in [6.07, 6.45) is 5.64.